The topological polar surface area (TPSA) is 27.1 Å². The van der Waals surface area contributed by atoms with Crippen molar-refractivity contribution in [3.05, 3.63) is 12.0 Å². The minimum absolute atomic E-state index is 0.196. The fourth-order valence-corrected chi connectivity index (χ4v) is 1.17. The van der Waals surface area contributed by atoms with Crippen molar-refractivity contribution in [1.29, 1.82) is 0 Å². The zero-order chi connectivity index (χ0) is 8.55. The van der Waals surface area contributed by atoms with E-state index in [1.807, 2.05) is 0 Å². The van der Waals surface area contributed by atoms with Gasteiger partial charge in [-0.3, -0.25) is 0 Å². The summed E-state index contributed by atoms with van der Waals surface area (Å²) in [4.78, 5) is 0. The van der Waals surface area contributed by atoms with E-state index in [0.717, 1.165) is 6.54 Å². The molecule has 1 aliphatic rings. The number of hydrogen-bond donors (Lipinski definition) is 0. The third-order valence-corrected chi connectivity index (χ3v) is 2.01. The summed E-state index contributed by atoms with van der Waals surface area (Å²) >= 11 is 0. The van der Waals surface area contributed by atoms with E-state index in [9.17, 15) is 4.39 Å². The largest absolute Gasteiger partial charge is 0.479 e. The lowest BCUT2D eigenvalue weighted by atomic mass is 10.4. The van der Waals surface area contributed by atoms with E-state index in [2.05, 4.69) is 11.3 Å². The molecule has 4 heteroatoms. The van der Waals surface area contributed by atoms with E-state index >= 15 is 0 Å². The summed E-state index contributed by atoms with van der Waals surface area (Å²) in [6.07, 6.45) is 4.67. The Balaban J connectivity index is 2.16. The molecule has 1 aliphatic carbocycles. The lowest BCUT2D eigenvalue weighted by Crippen LogP contribution is -2.04. The van der Waals surface area contributed by atoms with E-state index in [0.29, 0.717) is 5.92 Å². The van der Waals surface area contributed by atoms with Gasteiger partial charge >= 0.3 is 0 Å². The monoisotopic (exact) mass is 169 g/mol. The first-order valence-electron chi connectivity index (χ1n) is 3.99. The van der Waals surface area contributed by atoms with Crippen LogP contribution in [0.25, 0.3) is 0 Å². The minimum atomic E-state index is -0.502. The van der Waals surface area contributed by atoms with E-state index in [4.69, 9.17) is 4.74 Å². The van der Waals surface area contributed by atoms with E-state index in [-0.39, 0.29) is 5.88 Å². The Kier molecular flexibility index (Phi) is 1.75. The smallest absolute Gasteiger partial charge is 0.249 e. The summed E-state index contributed by atoms with van der Waals surface area (Å²) < 4.78 is 19.2. The van der Waals surface area contributed by atoms with Crippen LogP contribution < -0.4 is 4.74 Å². The molecule has 0 aromatic carbocycles. The molecule has 0 unspecified atom stereocenters. The number of nitrogens with zero attached hydrogens (tertiary/aromatic N) is 2. The lowest BCUT2D eigenvalue weighted by Gasteiger charge is -2.03. The van der Waals surface area contributed by atoms with Gasteiger partial charge in [0.25, 0.3) is 0 Å². The summed E-state index contributed by atoms with van der Waals surface area (Å²) in [5.74, 6) is 0.353. The third-order valence-electron chi connectivity index (χ3n) is 2.01. The summed E-state index contributed by atoms with van der Waals surface area (Å²) in [6, 6.07) is 0. The van der Waals surface area contributed by atoms with Gasteiger partial charge in [0.15, 0.2) is 6.20 Å². The van der Waals surface area contributed by atoms with Crippen molar-refractivity contribution in [3.8, 4) is 5.88 Å². The SMILES string of the molecule is COc1c(F)[c]nn1CC1CC1. The average molecular weight is 169 g/mol. The zero-order valence-electron chi connectivity index (χ0n) is 6.88. The predicted molar refractivity (Wildman–Crippen MR) is 40.3 cm³/mol. The van der Waals surface area contributed by atoms with Gasteiger partial charge in [-0.25, -0.2) is 4.68 Å². The third kappa shape index (κ3) is 1.29. The first-order chi connectivity index (χ1) is 5.81. The van der Waals surface area contributed by atoms with E-state index in [1.54, 1.807) is 0 Å². The molecule has 0 saturated heterocycles. The molecule has 1 heterocycles. The Morgan fingerprint density at radius 2 is 2.50 bits per heavy atom. The van der Waals surface area contributed by atoms with Crippen molar-refractivity contribution < 1.29 is 9.13 Å². The first kappa shape index (κ1) is 7.58. The molecule has 12 heavy (non-hydrogen) atoms. The van der Waals surface area contributed by atoms with Gasteiger partial charge in [0.1, 0.15) is 0 Å². The van der Waals surface area contributed by atoms with Gasteiger partial charge in [0, 0.05) is 6.54 Å². The molecule has 0 N–H and O–H groups in total. The summed E-state index contributed by atoms with van der Waals surface area (Å²) in [5, 5.41) is 3.76. The molecule has 0 spiro atoms. The molecule has 1 saturated carbocycles. The van der Waals surface area contributed by atoms with Crippen molar-refractivity contribution in [2.75, 3.05) is 7.11 Å². The Labute approximate surface area is 70.1 Å². The van der Waals surface area contributed by atoms with Crippen LogP contribution in [0.15, 0.2) is 0 Å². The molecule has 2 rings (SSSR count). The highest BCUT2D eigenvalue weighted by Gasteiger charge is 2.24. The van der Waals surface area contributed by atoms with Crippen LogP contribution in [0.1, 0.15) is 12.8 Å². The van der Waals surface area contributed by atoms with Crippen LogP contribution in [0.5, 0.6) is 5.88 Å². The summed E-state index contributed by atoms with van der Waals surface area (Å²) in [6.45, 7) is 0.754. The normalized spacial score (nSPS) is 16.5. The number of halogens is 1. The quantitative estimate of drug-likeness (QED) is 0.680. The molecule has 0 aliphatic heterocycles. The Morgan fingerprint density at radius 3 is 3.08 bits per heavy atom. The number of aromatic nitrogens is 2. The highest BCUT2D eigenvalue weighted by molar-refractivity contribution is 5.10. The van der Waals surface area contributed by atoms with Crippen molar-refractivity contribution in [1.82, 2.24) is 9.78 Å². The lowest BCUT2D eigenvalue weighted by molar-refractivity contribution is 0.335. The number of rotatable bonds is 3. The van der Waals surface area contributed by atoms with Gasteiger partial charge in [-0.05, 0) is 18.8 Å². The molecule has 1 radical (unpaired) electrons. The molecule has 1 aromatic heterocycles. The first-order valence-corrected chi connectivity index (χ1v) is 3.99. The van der Waals surface area contributed by atoms with Crippen molar-refractivity contribution in [3.63, 3.8) is 0 Å². The second-order valence-electron chi connectivity index (χ2n) is 3.06. The molecule has 0 amide bonds. The van der Waals surface area contributed by atoms with Crippen LogP contribution in [-0.4, -0.2) is 16.9 Å². The van der Waals surface area contributed by atoms with Crippen LogP contribution in [0.3, 0.4) is 0 Å². The van der Waals surface area contributed by atoms with Gasteiger partial charge in [-0.2, -0.15) is 9.49 Å². The molecule has 1 aromatic rings. The maximum atomic E-state index is 12.8. The molecule has 0 bridgehead atoms. The van der Waals surface area contributed by atoms with E-state index in [1.165, 1.54) is 24.6 Å². The van der Waals surface area contributed by atoms with Crippen molar-refractivity contribution >= 4 is 0 Å². The standard InChI is InChI=1S/C8H10FN2O/c1-12-8-7(9)4-10-11(8)5-6-2-3-6/h6H,2-3,5H2,1H3. The Morgan fingerprint density at radius 1 is 1.75 bits per heavy atom. The summed E-state index contributed by atoms with van der Waals surface area (Å²) in [5.41, 5.74) is 0. The molecular weight excluding hydrogens is 159 g/mol. The molecule has 0 atom stereocenters. The predicted octanol–water partition coefficient (Wildman–Crippen LogP) is 1.24. The fraction of sp³-hybridized carbons (Fsp3) is 0.625. The van der Waals surface area contributed by atoms with Crippen molar-refractivity contribution in [2.24, 2.45) is 5.92 Å². The van der Waals surface area contributed by atoms with Crippen LogP contribution in [0.2, 0.25) is 0 Å². The number of ether oxygens (including phenoxy) is 1. The Bertz CT molecular complexity index is 281. The maximum Gasteiger partial charge on any atom is 0.249 e. The van der Waals surface area contributed by atoms with Crippen LogP contribution in [-0.2, 0) is 6.54 Å². The van der Waals surface area contributed by atoms with Gasteiger partial charge in [0.2, 0.25) is 11.7 Å². The number of methoxy groups -OCH3 is 1. The van der Waals surface area contributed by atoms with Gasteiger partial charge in [0.05, 0.1) is 7.11 Å². The average Bonchev–Trinajstić information content (AvgIpc) is 2.78. The van der Waals surface area contributed by atoms with Gasteiger partial charge in [-0.1, -0.05) is 0 Å². The van der Waals surface area contributed by atoms with Crippen molar-refractivity contribution in [2.45, 2.75) is 19.4 Å². The second kappa shape index (κ2) is 2.77. The number of hydrogen-bond acceptors (Lipinski definition) is 2. The maximum absolute atomic E-state index is 12.8. The van der Waals surface area contributed by atoms with Gasteiger partial charge < -0.3 is 4.74 Å². The molecule has 3 nitrogen and oxygen atoms in total. The second-order valence-corrected chi connectivity index (χ2v) is 3.06. The van der Waals surface area contributed by atoms with Gasteiger partial charge in [-0.15, -0.1) is 0 Å². The van der Waals surface area contributed by atoms with Crippen LogP contribution in [0.4, 0.5) is 4.39 Å². The molecular formula is C8H10FN2O. The zero-order valence-corrected chi connectivity index (χ0v) is 6.88. The highest BCUT2D eigenvalue weighted by Crippen LogP contribution is 2.31. The molecule has 1 fully saturated rings. The van der Waals surface area contributed by atoms with E-state index < -0.39 is 5.82 Å². The van der Waals surface area contributed by atoms with Crippen LogP contribution >= 0.6 is 0 Å². The fourth-order valence-electron chi connectivity index (χ4n) is 1.17. The highest BCUT2D eigenvalue weighted by atomic mass is 19.1. The molecule has 65 valence electrons. The minimum Gasteiger partial charge on any atom is -0.479 e. The Hall–Kier alpha value is -1.06. The van der Waals surface area contributed by atoms with Crippen LogP contribution in [0, 0.1) is 17.9 Å². The summed E-state index contributed by atoms with van der Waals surface area (Å²) in [7, 11) is 1.44.